The molecule has 2 amide bonds. The molecule has 0 aliphatic rings. The molecule has 1 aromatic rings. The first-order valence-corrected chi connectivity index (χ1v) is 6.65. The van der Waals surface area contributed by atoms with Crippen LogP contribution in [0.25, 0.3) is 0 Å². The van der Waals surface area contributed by atoms with Gasteiger partial charge in [-0.25, -0.2) is 4.39 Å². The number of hydrogen-bond acceptors (Lipinski definition) is 3. The molecule has 0 aromatic heterocycles. The lowest BCUT2D eigenvalue weighted by Crippen LogP contribution is -2.47. The largest absolute Gasteiger partial charge is 0.341 e. The van der Waals surface area contributed by atoms with E-state index in [1.165, 1.54) is 18.2 Å². The maximum atomic E-state index is 13.1. The van der Waals surface area contributed by atoms with E-state index in [9.17, 15) is 14.0 Å². The van der Waals surface area contributed by atoms with E-state index in [0.717, 1.165) is 6.07 Å². The minimum Gasteiger partial charge on any atom is -0.341 e. The van der Waals surface area contributed by atoms with Gasteiger partial charge < -0.3 is 10.6 Å². The Hall–Kier alpha value is -2.42. The smallest absolute Gasteiger partial charge is 0.252 e. The zero-order valence-electron chi connectivity index (χ0n) is 12.0. The van der Waals surface area contributed by atoms with E-state index in [2.05, 4.69) is 10.6 Å². The Bertz CT molecular complexity index is 552. The van der Waals surface area contributed by atoms with Gasteiger partial charge in [0.05, 0.1) is 6.07 Å². The van der Waals surface area contributed by atoms with Gasteiger partial charge in [0, 0.05) is 5.56 Å². The molecule has 21 heavy (non-hydrogen) atoms. The fourth-order valence-electron chi connectivity index (χ4n) is 1.82. The van der Waals surface area contributed by atoms with E-state index < -0.39 is 23.7 Å². The monoisotopic (exact) mass is 291 g/mol. The molecule has 0 heterocycles. The van der Waals surface area contributed by atoms with Gasteiger partial charge in [0.25, 0.3) is 5.91 Å². The average Bonchev–Trinajstić information content (AvgIpc) is 2.43. The molecule has 6 heteroatoms. The number of carbonyl (C=O) groups is 2. The van der Waals surface area contributed by atoms with Crippen LogP contribution in [0, 0.1) is 23.1 Å². The lowest BCUT2D eigenvalue weighted by Gasteiger charge is -2.19. The van der Waals surface area contributed by atoms with Gasteiger partial charge in [-0.3, -0.25) is 9.59 Å². The van der Waals surface area contributed by atoms with Crippen molar-refractivity contribution in [2.75, 3.05) is 6.54 Å². The molecule has 1 aromatic carbocycles. The van der Waals surface area contributed by atoms with Crippen LogP contribution in [0.15, 0.2) is 24.3 Å². The van der Waals surface area contributed by atoms with Crippen LogP contribution in [0.5, 0.6) is 0 Å². The standard InChI is InChI=1S/C15H18FN3O2/c1-10(2)8-13(15(21)18-7-6-17)19-14(20)11-4-3-5-12(16)9-11/h3-5,9-10,13H,7-8H2,1-2H3,(H,18,21)(H,19,20)/t13-/m0/s1. The van der Waals surface area contributed by atoms with Crippen molar-refractivity contribution in [1.82, 2.24) is 10.6 Å². The maximum absolute atomic E-state index is 13.1. The number of nitrogens with one attached hydrogen (secondary N) is 2. The lowest BCUT2D eigenvalue weighted by atomic mass is 10.0. The van der Waals surface area contributed by atoms with E-state index in [1.54, 1.807) is 6.07 Å². The molecule has 0 bridgehead atoms. The second-order valence-electron chi connectivity index (χ2n) is 5.04. The summed E-state index contributed by atoms with van der Waals surface area (Å²) in [6, 6.07) is 6.29. The summed E-state index contributed by atoms with van der Waals surface area (Å²) in [5, 5.41) is 13.5. The highest BCUT2D eigenvalue weighted by Crippen LogP contribution is 2.08. The van der Waals surface area contributed by atoms with Gasteiger partial charge in [-0.05, 0) is 30.5 Å². The minimum absolute atomic E-state index is 0.122. The highest BCUT2D eigenvalue weighted by Gasteiger charge is 2.22. The summed E-state index contributed by atoms with van der Waals surface area (Å²) in [7, 11) is 0. The molecule has 0 radical (unpaired) electrons. The lowest BCUT2D eigenvalue weighted by molar-refractivity contribution is -0.123. The normalized spacial score (nSPS) is 11.6. The topological polar surface area (TPSA) is 82.0 Å². The number of hydrogen-bond donors (Lipinski definition) is 2. The van der Waals surface area contributed by atoms with Gasteiger partial charge >= 0.3 is 0 Å². The molecule has 0 saturated heterocycles. The number of carbonyl (C=O) groups excluding carboxylic acids is 2. The number of nitriles is 1. The summed E-state index contributed by atoms with van der Waals surface area (Å²) >= 11 is 0. The first-order valence-electron chi connectivity index (χ1n) is 6.65. The van der Waals surface area contributed by atoms with Crippen molar-refractivity contribution < 1.29 is 14.0 Å². The Balaban J connectivity index is 2.78. The third kappa shape index (κ3) is 5.61. The molecule has 0 aliphatic heterocycles. The molecule has 0 saturated carbocycles. The van der Waals surface area contributed by atoms with E-state index in [0.29, 0.717) is 6.42 Å². The number of benzene rings is 1. The van der Waals surface area contributed by atoms with E-state index in [-0.39, 0.29) is 18.0 Å². The zero-order chi connectivity index (χ0) is 15.8. The fraction of sp³-hybridized carbons (Fsp3) is 0.400. The van der Waals surface area contributed by atoms with Crippen molar-refractivity contribution >= 4 is 11.8 Å². The van der Waals surface area contributed by atoms with Crippen LogP contribution < -0.4 is 10.6 Å². The van der Waals surface area contributed by atoms with Crippen LogP contribution in [-0.4, -0.2) is 24.4 Å². The van der Waals surface area contributed by atoms with E-state index in [1.807, 2.05) is 13.8 Å². The summed E-state index contributed by atoms with van der Waals surface area (Å²) in [6.45, 7) is 3.71. The predicted octanol–water partition coefficient (Wildman–Crippen LogP) is 1.61. The third-order valence-electron chi connectivity index (χ3n) is 2.76. The van der Waals surface area contributed by atoms with Gasteiger partial charge in [0.15, 0.2) is 0 Å². The van der Waals surface area contributed by atoms with Gasteiger partial charge in [-0.1, -0.05) is 19.9 Å². The summed E-state index contributed by atoms with van der Waals surface area (Å²) in [5.74, 6) is -1.28. The van der Waals surface area contributed by atoms with Gasteiger partial charge in [-0.2, -0.15) is 5.26 Å². The first kappa shape index (κ1) is 16.6. The molecule has 5 nitrogen and oxygen atoms in total. The Morgan fingerprint density at radius 2 is 2.10 bits per heavy atom. The average molecular weight is 291 g/mol. The SMILES string of the molecule is CC(C)C[C@H](NC(=O)c1cccc(F)c1)C(=O)NCC#N. The highest BCUT2D eigenvalue weighted by atomic mass is 19.1. The summed E-state index contributed by atoms with van der Waals surface area (Å²) < 4.78 is 13.1. The molecular formula is C15H18FN3O2. The second kappa shape index (κ2) is 8.00. The predicted molar refractivity (Wildman–Crippen MR) is 75.7 cm³/mol. The summed E-state index contributed by atoms with van der Waals surface area (Å²) in [5.41, 5.74) is 0.150. The van der Waals surface area contributed by atoms with Crippen molar-refractivity contribution in [2.24, 2.45) is 5.92 Å². The van der Waals surface area contributed by atoms with E-state index in [4.69, 9.17) is 5.26 Å². The van der Waals surface area contributed by atoms with Crippen molar-refractivity contribution in [3.63, 3.8) is 0 Å². The van der Waals surface area contributed by atoms with Crippen LogP contribution in [-0.2, 0) is 4.79 Å². The Morgan fingerprint density at radius 1 is 1.38 bits per heavy atom. The molecule has 2 N–H and O–H groups in total. The summed E-state index contributed by atoms with van der Waals surface area (Å²) in [6.07, 6.45) is 0.429. The van der Waals surface area contributed by atoms with Gasteiger partial charge in [0.1, 0.15) is 18.4 Å². The highest BCUT2D eigenvalue weighted by molar-refractivity contribution is 5.97. The van der Waals surface area contributed by atoms with Crippen molar-refractivity contribution in [1.29, 1.82) is 5.26 Å². The number of nitrogens with zero attached hydrogens (tertiary/aromatic N) is 1. The number of halogens is 1. The van der Waals surface area contributed by atoms with Crippen LogP contribution >= 0.6 is 0 Å². The molecule has 0 aliphatic carbocycles. The molecule has 1 rings (SSSR count). The molecule has 0 unspecified atom stereocenters. The van der Waals surface area contributed by atoms with E-state index >= 15 is 0 Å². The van der Waals surface area contributed by atoms with Gasteiger partial charge in [0.2, 0.25) is 5.91 Å². The zero-order valence-corrected chi connectivity index (χ0v) is 12.0. The fourth-order valence-corrected chi connectivity index (χ4v) is 1.82. The Kier molecular flexibility index (Phi) is 6.34. The molecule has 112 valence electrons. The second-order valence-corrected chi connectivity index (χ2v) is 5.04. The quantitative estimate of drug-likeness (QED) is 0.781. The van der Waals surface area contributed by atoms with Crippen LogP contribution in [0.4, 0.5) is 4.39 Å². The third-order valence-corrected chi connectivity index (χ3v) is 2.76. The molecule has 1 atom stereocenters. The molecular weight excluding hydrogens is 273 g/mol. The maximum Gasteiger partial charge on any atom is 0.252 e. The van der Waals surface area contributed by atoms with Crippen LogP contribution in [0.2, 0.25) is 0 Å². The Labute approximate surface area is 123 Å². The van der Waals surface area contributed by atoms with Crippen molar-refractivity contribution in [3.05, 3.63) is 35.6 Å². The first-order chi connectivity index (χ1) is 9.93. The van der Waals surface area contributed by atoms with Crippen LogP contribution in [0.1, 0.15) is 30.6 Å². The van der Waals surface area contributed by atoms with Gasteiger partial charge in [-0.15, -0.1) is 0 Å². The number of amides is 2. The van der Waals surface area contributed by atoms with Crippen molar-refractivity contribution in [2.45, 2.75) is 26.3 Å². The minimum atomic E-state index is -0.755. The Morgan fingerprint density at radius 3 is 2.67 bits per heavy atom. The van der Waals surface area contributed by atoms with Crippen LogP contribution in [0.3, 0.4) is 0 Å². The number of rotatable bonds is 6. The summed E-state index contributed by atoms with van der Waals surface area (Å²) in [4.78, 5) is 24.0. The molecule has 0 fully saturated rings. The van der Waals surface area contributed by atoms with Crippen molar-refractivity contribution in [3.8, 4) is 6.07 Å². The molecule has 0 spiro atoms.